The molecule has 5 rings (SSSR count). The molecule has 1 saturated heterocycles. The van der Waals surface area contributed by atoms with Crippen molar-refractivity contribution in [3.05, 3.63) is 35.1 Å². The van der Waals surface area contributed by atoms with Crippen LogP contribution in [0.3, 0.4) is 0 Å². The molecule has 1 aliphatic carbocycles. The molecule has 14 nitrogen and oxygen atoms in total. The van der Waals surface area contributed by atoms with Gasteiger partial charge in [0.05, 0.1) is 6.04 Å². The summed E-state index contributed by atoms with van der Waals surface area (Å²) < 4.78 is 6.17. The summed E-state index contributed by atoms with van der Waals surface area (Å²) in [7, 11) is 0. The van der Waals surface area contributed by atoms with Crippen LogP contribution in [0.1, 0.15) is 71.8 Å². The summed E-state index contributed by atoms with van der Waals surface area (Å²) in [5.74, 6) is -2.18. The molecular formula is C29H37BrN8O6. The predicted molar refractivity (Wildman–Crippen MR) is 160 cm³/mol. The van der Waals surface area contributed by atoms with Crippen molar-refractivity contribution in [1.82, 2.24) is 40.7 Å². The molecule has 3 amide bonds. The first-order valence-electron chi connectivity index (χ1n) is 14.8. The molecular weight excluding hydrogens is 636 g/mol. The standard InChI is InChI=1S/C29H37BrN8O6/c1-28(2,3)44-27(43)32-21-10-8-6-4-5-7-9-18-13-29(18,26(41)42)33-24(39)22-12-20(16-37(22)25(21)40)38-35-23(34-36-38)17-11-19(30)15-31-14-17/h7,9,11,14-15,18,20-22H,4-6,8,10,12-13,16H2,1-3H3,(H,32,43)(H,33,39)(H,41,42)/b9-7-/t18-,20+,21+,22+,29+/m1/s1. The van der Waals surface area contributed by atoms with E-state index in [2.05, 4.69) is 47.0 Å². The minimum Gasteiger partial charge on any atom is -0.479 e. The molecule has 2 aliphatic heterocycles. The Labute approximate surface area is 263 Å². The third kappa shape index (κ3) is 7.08. The molecule has 44 heavy (non-hydrogen) atoms. The van der Waals surface area contributed by atoms with E-state index in [1.165, 1.54) is 9.70 Å². The van der Waals surface area contributed by atoms with E-state index in [-0.39, 0.29) is 25.3 Å². The van der Waals surface area contributed by atoms with Crippen LogP contribution in [0.5, 0.6) is 0 Å². The van der Waals surface area contributed by atoms with Crippen molar-refractivity contribution in [3.63, 3.8) is 0 Å². The van der Waals surface area contributed by atoms with Crippen molar-refractivity contribution in [3.8, 4) is 11.4 Å². The molecule has 0 unspecified atom stereocenters. The van der Waals surface area contributed by atoms with Gasteiger partial charge in [-0.1, -0.05) is 25.0 Å². The first-order valence-corrected chi connectivity index (χ1v) is 15.6. The number of carbonyl (C=O) groups is 4. The van der Waals surface area contributed by atoms with Gasteiger partial charge in [-0.25, -0.2) is 9.59 Å². The molecule has 3 N–H and O–H groups in total. The minimum atomic E-state index is -1.43. The topological polar surface area (TPSA) is 182 Å². The molecule has 2 aromatic heterocycles. The number of ether oxygens (including phenoxy) is 1. The first-order chi connectivity index (χ1) is 20.9. The van der Waals surface area contributed by atoms with Crippen LogP contribution in [-0.4, -0.2) is 88.8 Å². The van der Waals surface area contributed by atoms with E-state index in [0.29, 0.717) is 24.2 Å². The quantitative estimate of drug-likeness (QED) is 0.408. The van der Waals surface area contributed by atoms with E-state index in [9.17, 15) is 24.3 Å². The number of hydrogen-bond acceptors (Lipinski definition) is 9. The number of amides is 3. The fourth-order valence-corrected chi connectivity index (χ4v) is 6.09. The summed E-state index contributed by atoms with van der Waals surface area (Å²) in [6, 6.07) is -0.714. The average molecular weight is 674 g/mol. The Morgan fingerprint density at radius 2 is 2.00 bits per heavy atom. The number of aromatic nitrogens is 5. The fourth-order valence-electron chi connectivity index (χ4n) is 5.72. The minimum absolute atomic E-state index is 0.0549. The first kappa shape index (κ1) is 31.5. The molecule has 0 bridgehead atoms. The van der Waals surface area contributed by atoms with Gasteiger partial charge in [-0.3, -0.25) is 14.6 Å². The van der Waals surface area contributed by atoms with Crippen LogP contribution in [0.25, 0.3) is 11.4 Å². The number of carboxylic acid groups (broad SMARTS) is 1. The van der Waals surface area contributed by atoms with E-state index in [4.69, 9.17) is 4.74 Å². The molecule has 1 saturated carbocycles. The number of fused-ring (bicyclic) bond motifs is 2. The Morgan fingerprint density at radius 3 is 2.73 bits per heavy atom. The molecule has 236 valence electrons. The molecule has 2 fully saturated rings. The number of carboxylic acids is 1. The molecule has 2 aromatic rings. The number of nitrogens with one attached hydrogen (secondary N) is 2. The van der Waals surface area contributed by atoms with E-state index in [1.54, 1.807) is 39.2 Å². The fraction of sp³-hybridized carbons (Fsp3) is 0.586. The van der Waals surface area contributed by atoms with Crippen molar-refractivity contribution >= 4 is 39.8 Å². The van der Waals surface area contributed by atoms with Crippen LogP contribution >= 0.6 is 15.9 Å². The zero-order valence-corrected chi connectivity index (χ0v) is 26.5. The Morgan fingerprint density at radius 1 is 1.20 bits per heavy atom. The highest BCUT2D eigenvalue weighted by atomic mass is 79.9. The largest absolute Gasteiger partial charge is 0.479 e. The van der Waals surface area contributed by atoms with Gasteiger partial charge in [-0.2, -0.15) is 4.80 Å². The Kier molecular flexibility index (Phi) is 9.05. The highest BCUT2D eigenvalue weighted by Crippen LogP contribution is 2.45. The van der Waals surface area contributed by atoms with Gasteiger partial charge in [0, 0.05) is 41.3 Å². The van der Waals surface area contributed by atoms with Crippen molar-refractivity contribution in [2.75, 3.05) is 6.54 Å². The van der Waals surface area contributed by atoms with Gasteiger partial charge in [0.15, 0.2) is 0 Å². The molecule has 0 spiro atoms. The third-order valence-corrected chi connectivity index (χ3v) is 8.48. The van der Waals surface area contributed by atoms with Crippen molar-refractivity contribution in [1.29, 1.82) is 0 Å². The number of carbonyl (C=O) groups excluding carboxylic acids is 3. The van der Waals surface area contributed by atoms with Crippen LogP contribution in [0.2, 0.25) is 0 Å². The van der Waals surface area contributed by atoms with Gasteiger partial charge in [-0.15, -0.1) is 10.2 Å². The summed E-state index contributed by atoms with van der Waals surface area (Å²) in [4.78, 5) is 59.9. The van der Waals surface area contributed by atoms with Crippen LogP contribution in [-0.2, 0) is 19.1 Å². The second-order valence-electron chi connectivity index (χ2n) is 12.6. The van der Waals surface area contributed by atoms with Crippen LogP contribution < -0.4 is 10.6 Å². The van der Waals surface area contributed by atoms with Crippen molar-refractivity contribution in [2.24, 2.45) is 5.92 Å². The molecule has 0 radical (unpaired) electrons. The molecule has 5 atom stereocenters. The number of nitrogens with zero attached hydrogens (tertiary/aromatic N) is 6. The molecule has 15 heteroatoms. The predicted octanol–water partition coefficient (Wildman–Crippen LogP) is 3.01. The lowest BCUT2D eigenvalue weighted by Crippen LogP contribution is -2.56. The van der Waals surface area contributed by atoms with Crippen molar-refractivity contribution in [2.45, 2.75) is 95.0 Å². The summed E-state index contributed by atoms with van der Waals surface area (Å²) in [6.45, 7) is 5.25. The van der Waals surface area contributed by atoms with E-state index in [0.717, 1.165) is 23.7 Å². The van der Waals surface area contributed by atoms with Gasteiger partial charge in [-0.05, 0) is 73.7 Å². The second-order valence-corrected chi connectivity index (χ2v) is 13.5. The average Bonchev–Trinajstić information content (AvgIpc) is 3.27. The van der Waals surface area contributed by atoms with E-state index >= 15 is 0 Å². The Balaban J connectivity index is 1.44. The molecule has 0 aromatic carbocycles. The number of allylic oxidation sites excluding steroid dienone is 1. The van der Waals surface area contributed by atoms with Gasteiger partial charge >= 0.3 is 12.1 Å². The molecule has 4 heterocycles. The lowest BCUT2D eigenvalue weighted by molar-refractivity contribution is -0.145. The maximum Gasteiger partial charge on any atom is 0.408 e. The zero-order chi connectivity index (χ0) is 31.6. The highest BCUT2D eigenvalue weighted by Gasteiger charge is 2.61. The van der Waals surface area contributed by atoms with Crippen LogP contribution in [0, 0.1) is 5.92 Å². The number of hydrogen-bond donors (Lipinski definition) is 3. The maximum absolute atomic E-state index is 14.1. The van der Waals surface area contributed by atoms with Gasteiger partial charge < -0.3 is 25.4 Å². The van der Waals surface area contributed by atoms with Crippen molar-refractivity contribution < 1.29 is 29.0 Å². The van der Waals surface area contributed by atoms with Gasteiger partial charge in [0.25, 0.3) is 0 Å². The van der Waals surface area contributed by atoms with E-state index < -0.39 is 53.1 Å². The smallest absolute Gasteiger partial charge is 0.408 e. The lowest BCUT2D eigenvalue weighted by Gasteiger charge is -2.30. The summed E-state index contributed by atoms with van der Waals surface area (Å²) >= 11 is 3.38. The Bertz CT molecular complexity index is 1460. The summed E-state index contributed by atoms with van der Waals surface area (Å²) in [6.07, 6.45) is 10.1. The maximum atomic E-state index is 14.1. The number of aliphatic carboxylic acids is 1. The van der Waals surface area contributed by atoms with Crippen LogP contribution in [0.4, 0.5) is 4.79 Å². The lowest BCUT2D eigenvalue weighted by atomic mass is 10.0. The number of halogens is 1. The highest BCUT2D eigenvalue weighted by molar-refractivity contribution is 9.10. The number of alkyl carbamates (subject to hydrolysis) is 1. The number of tetrazole rings is 1. The van der Waals surface area contributed by atoms with Gasteiger partial charge in [0.1, 0.15) is 23.2 Å². The summed E-state index contributed by atoms with van der Waals surface area (Å²) in [5, 5.41) is 28.4. The SMILES string of the molecule is CC(C)(C)OC(=O)N[C@H]1CCCCC/C=C\[C@@H]2C[C@]2(C(=O)O)NC(=O)[C@@H]2C[C@H](n3nnc(-c4cncc(Br)c4)n3)CN2C1=O. The second kappa shape index (κ2) is 12.6. The monoisotopic (exact) mass is 672 g/mol. The summed E-state index contributed by atoms with van der Waals surface area (Å²) in [5.41, 5.74) is -1.57. The van der Waals surface area contributed by atoms with Crippen LogP contribution in [0.15, 0.2) is 35.1 Å². The van der Waals surface area contributed by atoms with E-state index in [1.807, 2.05) is 12.2 Å². The number of rotatable bonds is 4. The van der Waals surface area contributed by atoms with Gasteiger partial charge in [0.2, 0.25) is 17.6 Å². The zero-order valence-electron chi connectivity index (χ0n) is 24.9. The Hall–Kier alpha value is -3.88. The third-order valence-electron chi connectivity index (χ3n) is 8.05. The molecule has 3 aliphatic rings. The normalized spacial score (nSPS) is 28.5. The number of pyridine rings is 1.